The molecule has 25 heavy (non-hydrogen) atoms. The number of hydrogen-bond donors (Lipinski definition) is 2. The van der Waals surface area contributed by atoms with Crippen molar-refractivity contribution in [1.82, 2.24) is 10.6 Å². The predicted molar refractivity (Wildman–Crippen MR) is 114 cm³/mol. The highest BCUT2D eigenvalue weighted by Gasteiger charge is 2.43. The molecular formula is C19H32IN3O2. The van der Waals surface area contributed by atoms with Crippen LogP contribution in [0.4, 0.5) is 0 Å². The van der Waals surface area contributed by atoms with E-state index in [1.54, 1.807) is 7.11 Å². The van der Waals surface area contributed by atoms with Crippen LogP contribution in [0.2, 0.25) is 0 Å². The Morgan fingerprint density at radius 3 is 2.52 bits per heavy atom. The zero-order valence-electron chi connectivity index (χ0n) is 15.4. The molecule has 1 aromatic carbocycles. The Balaban J connectivity index is 0.00000312. The Morgan fingerprint density at radius 2 is 1.88 bits per heavy atom. The van der Waals surface area contributed by atoms with Gasteiger partial charge in [-0.25, -0.2) is 0 Å². The Labute approximate surface area is 169 Å². The maximum Gasteiger partial charge on any atom is 0.191 e. The Morgan fingerprint density at radius 1 is 1.12 bits per heavy atom. The van der Waals surface area contributed by atoms with Gasteiger partial charge in [-0.05, 0) is 31.7 Å². The first-order chi connectivity index (χ1) is 11.8. The van der Waals surface area contributed by atoms with Crippen LogP contribution in [0.25, 0.3) is 0 Å². The molecule has 0 aromatic heterocycles. The molecule has 0 unspecified atom stereocenters. The molecule has 1 saturated carbocycles. The van der Waals surface area contributed by atoms with Crippen molar-refractivity contribution >= 4 is 29.9 Å². The average Bonchev–Trinajstić information content (AvgIpc) is 3.41. The molecule has 0 spiro atoms. The van der Waals surface area contributed by atoms with Crippen molar-refractivity contribution in [3.8, 4) is 0 Å². The molecule has 2 N–H and O–H groups in total. The van der Waals surface area contributed by atoms with Crippen LogP contribution in [0.15, 0.2) is 35.3 Å². The van der Waals surface area contributed by atoms with E-state index in [4.69, 9.17) is 14.5 Å². The summed E-state index contributed by atoms with van der Waals surface area (Å²) in [6, 6.07) is 10.8. The second kappa shape index (κ2) is 12.5. The number of guanidine groups is 1. The van der Waals surface area contributed by atoms with E-state index in [1.165, 1.54) is 18.4 Å². The van der Waals surface area contributed by atoms with Crippen molar-refractivity contribution in [3.05, 3.63) is 35.9 Å². The molecule has 0 bridgehead atoms. The second-order valence-corrected chi connectivity index (χ2v) is 6.23. The molecule has 142 valence electrons. The summed E-state index contributed by atoms with van der Waals surface area (Å²) in [6.07, 6.45) is 3.42. The minimum Gasteiger partial charge on any atom is -0.382 e. The van der Waals surface area contributed by atoms with Crippen molar-refractivity contribution in [3.63, 3.8) is 0 Å². The molecule has 0 saturated heterocycles. The maximum atomic E-state index is 5.47. The molecule has 5 nitrogen and oxygen atoms in total. The van der Waals surface area contributed by atoms with Crippen molar-refractivity contribution in [2.75, 3.05) is 46.6 Å². The number of halogens is 1. The summed E-state index contributed by atoms with van der Waals surface area (Å²) < 4.78 is 10.4. The van der Waals surface area contributed by atoms with E-state index in [-0.39, 0.29) is 29.4 Å². The van der Waals surface area contributed by atoms with Crippen LogP contribution in [-0.4, -0.2) is 52.5 Å². The summed E-state index contributed by atoms with van der Waals surface area (Å²) in [4.78, 5) is 4.80. The molecule has 2 rings (SSSR count). The fourth-order valence-corrected chi connectivity index (χ4v) is 2.68. The van der Waals surface area contributed by atoms with Gasteiger partial charge in [-0.1, -0.05) is 30.3 Å². The number of methoxy groups -OCH3 is 1. The first-order valence-electron chi connectivity index (χ1n) is 8.95. The van der Waals surface area contributed by atoms with E-state index in [1.807, 2.05) is 0 Å². The van der Waals surface area contributed by atoms with Crippen molar-refractivity contribution in [1.29, 1.82) is 0 Å². The Hall–Kier alpha value is -0.860. The van der Waals surface area contributed by atoms with Crippen LogP contribution in [-0.2, 0) is 14.9 Å². The lowest BCUT2D eigenvalue weighted by atomic mass is 9.96. The van der Waals surface area contributed by atoms with Gasteiger partial charge in [0.2, 0.25) is 0 Å². The summed E-state index contributed by atoms with van der Waals surface area (Å²) in [6.45, 7) is 6.71. The SMILES string of the molecule is CCNC(=NCC1(c2ccccc2)CC1)NCCCOCCOC.I. The summed E-state index contributed by atoms with van der Waals surface area (Å²) >= 11 is 0. The lowest BCUT2D eigenvalue weighted by Crippen LogP contribution is -2.38. The molecule has 1 aliphatic carbocycles. The third kappa shape index (κ3) is 7.92. The van der Waals surface area contributed by atoms with Gasteiger partial charge in [-0.15, -0.1) is 24.0 Å². The molecule has 6 heteroatoms. The zero-order chi connectivity index (χ0) is 17.1. The number of hydrogen-bond acceptors (Lipinski definition) is 3. The Bertz CT molecular complexity index is 493. The lowest BCUT2D eigenvalue weighted by Gasteiger charge is -2.16. The first-order valence-corrected chi connectivity index (χ1v) is 8.95. The van der Waals surface area contributed by atoms with E-state index < -0.39 is 0 Å². The zero-order valence-corrected chi connectivity index (χ0v) is 17.8. The van der Waals surface area contributed by atoms with Gasteiger partial charge in [0.1, 0.15) is 0 Å². The van der Waals surface area contributed by atoms with E-state index in [0.717, 1.165) is 38.6 Å². The van der Waals surface area contributed by atoms with Gasteiger partial charge in [-0.2, -0.15) is 0 Å². The van der Waals surface area contributed by atoms with E-state index in [2.05, 4.69) is 47.9 Å². The van der Waals surface area contributed by atoms with Crippen molar-refractivity contribution < 1.29 is 9.47 Å². The van der Waals surface area contributed by atoms with Gasteiger partial charge in [0, 0.05) is 32.2 Å². The fourth-order valence-electron chi connectivity index (χ4n) is 2.68. The third-order valence-electron chi connectivity index (χ3n) is 4.31. The number of nitrogens with one attached hydrogen (secondary N) is 2. The highest BCUT2D eigenvalue weighted by atomic mass is 127. The van der Waals surface area contributed by atoms with Crippen LogP contribution < -0.4 is 10.6 Å². The summed E-state index contributed by atoms with van der Waals surface area (Å²) in [5, 5.41) is 6.71. The van der Waals surface area contributed by atoms with Crippen molar-refractivity contribution in [2.45, 2.75) is 31.6 Å². The van der Waals surface area contributed by atoms with Crippen LogP contribution in [0.3, 0.4) is 0 Å². The Kier molecular flexibility index (Phi) is 11.1. The third-order valence-corrected chi connectivity index (χ3v) is 4.31. The number of aliphatic imine (C=N–C) groups is 1. The largest absolute Gasteiger partial charge is 0.382 e. The molecule has 0 heterocycles. The molecule has 0 atom stereocenters. The van der Waals surface area contributed by atoms with Gasteiger partial charge >= 0.3 is 0 Å². The summed E-state index contributed by atoms with van der Waals surface area (Å²) in [7, 11) is 1.69. The van der Waals surface area contributed by atoms with Gasteiger partial charge in [-0.3, -0.25) is 4.99 Å². The van der Waals surface area contributed by atoms with E-state index >= 15 is 0 Å². The molecule has 0 aliphatic heterocycles. The van der Waals surface area contributed by atoms with Crippen LogP contribution in [0, 0.1) is 0 Å². The maximum absolute atomic E-state index is 5.47. The summed E-state index contributed by atoms with van der Waals surface area (Å²) in [5.74, 6) is 0.900. The van der Waals surface area contributed by atoms with E-state index in [9.17, 15) is 0 Å². The number of ether oxygens (including phenoxy) is 2. The number of nitrogens with zero attached hydrogens (tertiary/aromatic N) is 1. The average molecular weight is 461 g/mol. The van der Waals surface area contributed by atoms with Gasteiger partial charge in [0.15, 0.2) is 5.96 Å². The number of benzene rings is 1. The van der Waals surface area contributed by atoms with Crippen molar-refractivity contribution in [2.24, 2.45) is 4.99 Å². The molecule has 1 aliphatic rings. The standard InChI is InChI=1S/C19H31N3O2.HI/c1-3-20-18(21-12-7-13-24-15-14-23-2)22-16-19(10-11-19)17-8-5-4-6-9-17;/h4-6,8-9H,3,7,10-16H2,1-2H3,(H2,20,21,22);1H. The number of rotatable bonds is 11. The highest BCUT2D eigenvalue weighted by Crippen LogP contribution is 2.48. The fraction of sp³-hybridized carbons (Fsp3) is 0.632. The smallest absolute Gasteiger partial charge is 0.191 e. The lowest BCUT2D eigenvalue weighted by molar-refractivity contribution is 0.0698. The van der Waals surface area contributed by atoms with Crippen LogP contribution >= 0.6 is 24.0 Å². The van der Waals surface area contributed by atoms with Gasteiger partial charge in [0.05, 0.1) is 19.8 Å². The summed E-state index contributed by atoms with van der Waals surface area (Å²) in [5.41, 5.74) is 1.67. The normalized spacial score (nSPS) is 15.4. The molecule has 1 fully saturated rings. The molecule has 0 radical (unpaired) electrons. The quantitative estimate of drug-likeness (QED) is 0.230. The van der Waals surface area contributed by atoms with Gasteiger partial charge in [0.25, 0.3) is 0 Å². The topological polar surface area (TPSA) is 54.9 Å². The second-order valence-electron chi connectivity index (χ2n) is 6.23. The molecule has 1 aromatic rings. The monoisotopic (exact) mass is 461 g/mol. The minimum atomic E-state index is 0. The minimum absolute atomic E-state index is 0. The first kappa shape index (κ1) is 22.2. The predicted octanol–water partition coefficient (Wildman–Crippen LogP) is 2.94. The highest BCUT2D eigenvalue weighted by molar-refractivity contribution is 14.0. The van der Waals surface area contributed by atoms with Gasteiger partial charge < -0.3 is 20.1 Å². The van der Waals surface area contributed by atoms with Crippen LogP contribution in [0.5, 0.6) is 0 Å². The van der Waals surface area contributed by atoms with Crippen LogP contribution in [0.1, 0.15) is 31.7 Å². The molecule has 0 amide bonds. The van der Waals surface area contributed by atoms with E-state index in [0.29, 0.717) is 13.2 Å². The molecular weight excluding hydrogens is 429 g/mol.